The first-order valence-corrected chi connectivity index (χ1v) is 5.01. The Hall–Kier alpha value is -2.37. The van der Waals surface area contributed by atoms with Gasteiger partial charge >= 0.3 is 5.97 Å². The number of nitrogens with zero attached hydrogens (tertiary/aromatic N) is 3. The molecule has 0 aliphatic heterocycles. The molecule has 1 aromatic carbocycles. The molecule has 6 heteroatoms. The lowest BCUT2D eigenvalue weighted by Gasteiger charge is -2.10. The molecule has 0 spiro atoms. The van der Waals surface area contributed by atoms with Gasteiger partial charge in [0, 0.05) is 0 Å². The number of carboxylic acid groups (broad SMARTS) is 1. The summed E-state index contributed by atoms with van der Waals surface area (Å²) < 4.78 is 6.80. The fourth-order valence-corrected chi connectivity index (χ4v) is 1.27. The smallest absolute Gasteiger partial charge is 0.344 e. The van der Waals surface area contributed by atoms with Crippen LogP contribution in [0.25, 0.3) is 5.69 Å². The molecule has 0 bridgehead atoms. The predicted octanol–water partition coefficient (Wildman–Crippen LogP) is 1.12. The van der Waals surface area contributed by atoms with Crippen LogP contribution in [0.2, 0.25) is 0 Å². The molecule has 0 saturated carbocycles. The maximum absolute atomic E-state index is 10.6. The van der Waals surface area contributed by atoms with E-state index in [1.54, 1.807) is 35.3 Å². The normalized spacial score (nSPS) is 12.1. The molecular weight excluding hydrogens is 222 g/mol. The number of benzene rings is 1. The number of ether oxygens (including phenoxy) is 1. The van der Waals surface area contributed by atoms with Crippen molar-refractivity contribution < 1.29 is 14.6 Å². The first-order valence-electron chi connectivity index (χ1n) is 5.01. The van der Waals surface area contributed by atoms with Gasteiger partial charge in [0.05, 0.1) is 5.69 Å². The maximum atomic E-state index is 10.6. The minimum atomic E-state index is -0.995. The van der Waals surface area contributed by atoms with E-state index in [4.69, 9.17) is 9.84 Å². The molecule has 2 rings (SSSR count). The number of aliphatic carboxylic acids is 1. The average Bonchev–Trinajstić information content (AvgIpc) is 2.83. The lowest BCUT2D eigenvalue weighted by atomic mass is 10.3. The largest absolute Gasteiger partial charge is 0.479 e. The van der Waals surface area contributed by atoms with Gasteiger partial charge in [-0.1, -0.05) is 0 Å². The fourth-order valence-electron chi connectivity index (χ4n) is 1.27. The highest BCUT2D eigenvalue weighted by Gasteiger charge is 2.12. The summed E-state index contributed by atoms with van der Waals surface area (Å²) in [7, 11) is 0. The summed E-state index contributed by atoms with van der Waals surface area (Å²) in [6, 6.07) is 6.93. The second-order valence-corrected chi connectivity index (χ2v) is 3.43. The number of aromatic nitrogens is 3. The number of carboxylic acids is 1. The molecule has 0 fully saturated rings. The molecule has 6 nitrogen and oxygen atoms in total. The quantitative estimate of drug-likeness (QED) is 0.856. The van der Waals surface area contributed by atoms with E-state index in [-0.39, 0.29) is 0 Å². The standard InChI is InChI=1S/C11H11N3O3/c1-8(11(15)16)17-10-4-2-9(3-5-10)14-7-12-6-13-14/h2-8H,1H3,(H,15,16)/t8-/m1/s1. The zero-order valence-corrected chi connectivity index (χ0v) is 9.15. The van der Waals surface area contributed by atoms with Crippen LogP contribution in [0.15, 0.2) is 36.9 Å². The Labute approximate surface area is 97.5 Å². The molecule has 1 heterocycles. The molecule has 1 aromatic heterocycles. The Morgan fingerprint density at radius 2 is 2.12 bits per heavy atom. The van der Waals surface area contributed by atoms with E-state index in [0.29, 0.717) is 5.75 Å². The molecule has 1 atom stereocenters. The average molecular weight is 233 g/mol. The van der Waals surface area contributed by atoms with Crippen molar-refractivity contribution in [2.45, 2.75) is 13.0 Å². The third kappa shape index (κ3) is 2.60. The van der Waals surface area contributed by atoms with E-state index in [0.717, 1.165) is 5.69 Å². The molecule has 0 aliphatic rings. The highest BCUT2D eigenvalue weighted by Crippen LogP contribution is 2.15. The van der Waals surface area contributed by atoms with Gasteiger partial charge in [-0.05, 0) is 31.2 Å². The number of hydrogen-bond acceptors (Lipinski definition) is 4. The van der Waals surface area contributed by atoms with Crippen LogP contribution in [0.1, 0.15) is 6.92 Å². The van der Waals surface area contributed by atoms with E-state index in [1.165, 1.54) is 13.3 Å². The van der Waals surface area contributed by atoms with Crippen LogP contribution in [-0.2, 0) is 4.79 Å². The molecular formula is C11H11N3O3. The second kappa shape index (κ2) is 4.65. The molecule has 17 heavy (non-hydrogen) atoms. The van der Waals surface area contributed by atoms with Crippen molar-refractivity contribution in [2.75, 3.05) is 0 Å². The van der Waals surface area contributed by atoms with Crippen molar-refractivity contribution in [2.24, 2.45) is 0 Å². The van der Waals surface area contributed by atoms with E-state index < -0.39 is 12.1 Å². The Morgan fingerprint density at radius 3 is 2.65 bits per heavy atom. The van der Waals surface area contributed by atoms with Crippen molar-refractivity contribution in [3.8, 4) is 11.4 Å². The van der Waals surface area contributed by atoms with Crippen LogP contribution in [0.5, 0.6) is 5.75 Å². The van der Waals surface area contributed by atoms with Gasteiger partial charge in [0.1, 0.15) is 18.4 Å². The van der Waals surface area contributed by atoms with Crippen molar-refractivity contribution in [3.63, 3.8) is 0 Å². The first-order chi connectivity index (χ1) is 8.16. The van der Waals surface area contributed by atoms with Gasteiger partial charge < -0.3 is 9.84 Å². The maximum Gasteiger partial charge on any atom is 0.344 e. The van der Waals surface area contributed by atoms with E-state index >= 15 is 0 Å². The molecule has 0 unspecified atom stereocenters. The molecule has 88 valence electrons. The van der Waals surface area contributed by atoms with E-state index in [1.807, 2.05) is 0 Å². The van der Waals surface area contributed by atoms with Crippen LogP contribution in [-0.4, -0.2) is 31.9 Å². The SMILES string of the molecule is C[C@@H](Oc1ccc(-n2cncn2)cc1)C(=O)O. The zero-order valence-electron chi connectivity index (χ0n) is 9.15. The molecule has 1 N–H and O–H groups in total. The number of rotatable bonds is 4. The summed E-state index contributed by atoms with van der Waals surface area (Å²) >= 11 is 0. The van der Waals surface area contributed by atoms with Gasteiger partial charge in [-0.25, -0.2) is 14.5 Å². The Balaban J connectivity index is 2.11. The predicted molar refractivity (Wildman–Crippen MR) is 59.1 cm³/mol. The minimum Gasteiger partial charge on any atom is -0.479 e. The summed E-state index contributed by atoms with van der Waals surface area (Å²) in [5, 5.41) is 12.7. The van der Waals surface area contributed by atoms with Crippen LogP contribution < -0.4 is 4.74 Å². The summed E-state index contributed by atoms with van der Waals surface area (Å²) in [5.41, 5.74) is 0.831. The van der Waals surface area contributed by atoms with Gasteiger partial charge in [0.25, 0.3) is 0 Å². The molecule has 0 aliphatic carbocycles. The monoisotopic (exact) mass is 233 g/mol. The lowest BCUT2D eigenvalue weighted by molar-refractivity contribution is -0.144. The van der Waals surface area contributed by atoms with Gasteiger partial charge in [-0.3, -0.25) is 0 Å². The summed E-state index contributed by atoms with van der Waals surface area (Å²) in [4.78, 5) is 14.4. The fraction of sp³-hybridized carbons (Fsp3) is 0.182. The van der Waals surface area contributed by atoms with E-state index in [9.17, 15) is 4.79 Å². The lowest BCUT2D eigenvalue weighted by Crippen LogP contribution is -2.22. The Bertz CT molecular complexity index is 493. The van der Waals surface area contributed by atoms with Crippen LogP contribution >= 0.6 is 0 Å². The summed E-state index contributed by atoms with van der Waals surface area (Å²) in [6.45, 7) is 1.48. The molecule has 2 aromatic rings. The minimum absolute atomic E-state index is 0.503. The van der Waals surface area contributed by atoms with Crippen molar-refractivity contribution in [1.29, 1.82) is 0 Å². The topological polar surface area (TPSA) is 77.2 Å². The third-order valence-electron chi connectivity index (χ3n) is 2.18. The van der Waals surface area contributed by atoms with Crippen molar-refractivity contribution >= 4 is 5.97 Å². The highest BCUT2D eigenvalue weighted by atomic mass is 16.5. The van der Waals surface area contributed by atoms with Gasteiger partial charge in [0.2, 0.25) is 0 Å². The van der Waals surface area contributed by atoms with Crippen molar-refractivity contribution in [1.82, 2.24) is 14.8 Å². The highest BCUT2D eigenvalue weighted by molar-refractivity contribution is 5.72. The van der Waals surface area contributed by atoms with Crippen molar-refractivity contribution in [3.05, 3.63) is 36.9 Å². The zero-order chi connectivity index (χ0) is 12.3. The van der Waals surface area contributed by atoms with Crippen LogP contribution in [0, 0.1) is 0 Å². The van der Waals surface area contributed by atoms with Crippen LogP contribution in [0.3, 0.4) is 0 Å². The summed E-state index contributed by atoms with van der Waals surface area (Å²) in [5.74, 6) is -0.492. The first kappa shape index (κ1) is 11.1. The van der Waals surface area contributed by atoms with Gasteiger partial charge in [-0.2, -0.15) is 5.10 Å². The van der Waals surface area contributed by atoms with Gasteiger partial charge in [0.15, 0.2) is 6.10 Å². The van der Waals surface area contributed by atoms with Gasteiger partial charge in [-0.15, -0.1) is 0 Å². The Morgan fingerprint density at radius 1 is 1.41 bits per heavy atom. The van der Waals surface area contributed by atoms with Crippen LogP contribution in [0.4, 0.5) is 0 Å². The number of hydrogen-bond donors (Lipinski definition) is 1. The third-order valence-corrected chi connectivity index (χ3v) is 2.18. The Kier molecular flexibility index (Phi) is 3.04. The molecule has 0 saturated heterocycles. The van der Waals surface area contributed by atoms with E-state index in [2.05, 4.69) is 10.1 Å². The second-order valence-electron chi connectivity index (χ2n) is 3.43. The number of carbonyl (C=O) groups is 1. The molecule has 0 amide bonds. The molecule has 0 radical (unpaired) electrons. The summed E-state index contributed by atoms with van der Waals surface area (Å²) in [6.07, 6.45) is 2.15.